The Kier molecular flexibility index (Phi) is 4.53. The summed E-state index contributed by atoms with van der Waals surface area (Å²) in [6, 6.07) is 3.78. The molecular weight excluding hydrogens is 371 g/mol. The minimum absolute atomic E-state index is 0.243. The van der Waals surface area contributed by atoms with Gasteiger partial charge in [-0.1, -0.05) is 0 Å². The van der Waals surface area contributed by atoms with Gasteiger partial charge in [-0.15, -0.1) is 0 Å². The molecule has 4 rings (SSSR count). The quantitative estimate of drug-likeness (QED) is 0.682. The van der Waals surface area contributed by atoms with Crippen LogP contribution in [0.2, 0.25) is 0 Å². The van der Waals surface area contributed by atoms with E-state index < -0.39 is 17.5 Å². The van der Waals surface area contributed by atoms with Gasteiger partial charge in [-0.05, 0) is 56.0 Å². The number of hydrogen-bond donors (Lipinski definition) is 1. The number of nitrogens with zero attached hydrogens (tertiary/aromatic N) is 3. The summed E-state index contributed by atoms with van der Waals surface area (Å²) in [5.41, 5.74) is 1.54. The Hall–Kier alpha value is -2.61. The van der Waals surface area contributed by atoms with E-state index in [1.165, 1.54) is 6.92 Å². The van der Waals surface area contributed by atoms with Crippen molar-refractivity contribution in [3.8, 4) is 17.0 Å². The van der Waals surface area contributed by atoms with Crippen molar-refractivity contribution < 1.29 is 23.0 Å². The van der Waals surface area contributed by atoms with Crippen molar-refractivity contribution in [2.45, 2.75) is 38.9 Å². The van der Waals surface area contributed by atoms with Crippen LogP contribution in [0.1, 0.15) is 35.6 Å². The molecule has 5 nitrogen and oxygen atoms in total. The van der Waals surface area contributed by atoms with Gasteiger partial charge in [0.2, 0.25) is 0 Å². The van der Waals surface area contributed by atoms with Gasteiger partial charge in [0.15, 0.2) is 5.65 Å². The zero-order valence-corrected chi connectivity index (χ0v) is 15.5. The number of alkyl halides is 3. The Morgan fingerprint density at radius 1 is 1.11 bits per heavy atom. The minimum atomic E-state index is -4.52. The first-order valence-corrected chi connectivity index (χ1v) is 9.09. The number of aryl methyl sites for hydroxylation is 2. The molecule has 28 heavy (non-hydrogen) atoms. The van der Waals surface area contributed by atoms with Crippen molar-refractivity contribution in [3.63, 3.8) is 0 Å². The van der Waals surface area contributed by atoms with E-state index in [-0.39, 0.29) is 6.04 Å². The van der Waals surface area contributed by atoms with E-state index >= 15 is 0 Å². The summed E-state index contributed by atoms with van der Waals surface area (Å²) in [7, 11) is 0. The molecule has 8 heteroatoms. The normalized spacial score (nSPS) is 16.0. The van der Waals surface area contributed by atoms with Crippen LogP contribution in [0.5, 0.6) is 5.75 Å². The Bertz CT molecular complexity index is 1010. The molecule has 3 aromatic rings. The number of aromatic hydroxyl groups is 1. The molecule has 148 valence electrons. The van der Waals surface area contributed by atoms with E-state index in [2.05, 4.69) is 10.1 Å². The van der Waals surface area contributed by atoms with Crippen molar-refractivity contribution in [1.82, 2.24) is 14.8 Å². The number of fused-ring (bicyclic) bond motifs is 1. The number of hydrogen-bond acceptors (Lipinski definition) is 4. The van der Waals surface area contributed by atoms with Crippen LogP contribution in [-0.2, 0) is 10.9 Å². The second-order valence-electron chi connectivity index (χ2n) is 7.20. The highest BCUT2D eigenvalue weighted by molar-refractivity contribution is 5.83. The summed E-state index contributed by atoms with van der Waals surface area (Å²) in [5.74, 6) is -0.442. The highest BCUT2D eigenvalue weighted by Gasteiger charge is 2.32. The lowest BCUT2D eigenvalue weighted by molar-refractivity contribution is -0.137. The third kappa shape index (κ3) is 3.32. The smallest absolute Gasteiger partial charge is 0.416 e. The molecule has 3 heterocycles. The first-order chi connectivity index (χ1) is 13.2. The van der Waals surface area contributed by atoms with E-state index in [4.69, 9.17) is 4.74 Å². The molecule has 0 spiro atoms. The molecule has 0 amide bonds. The summed E-state index contributed by atoms with van der Waals surface area (Å²) in [6.45, 7) is 4.82. The molecular formula is C20H20F3N3O2. The van der Waals surface area contributed by atoms with Gasteiger partial charge >= 0.3 is 6.18 Å². The number of ether oxygens (including phenoxy) is 1. The second-order valence-corrected chi connectivity index (χ2v) is 7.20. The highest BCUT2D eigenvalue weighted by atomic mass is 19.4. The maximum Gasteiger partial charge on any atom is 0.416 e. The summed E-state index contributed by atoms with van der Waals surface area (Å²) < 4.78 is 46.2. The van der Waals surface area contributed by atoms with Crippen LogP contribution in [0.4, 0.5) is 13.2 Å². The van der Waals surface area contributed by atoms with Crippen molar-refractivity contribution in [2.24, 2.45) is 0 Å². The molecule has 0 aliphatic carbocycles. The van der Waals surface area contributed by atoms with Crippen LogP contribution in [0, 0.1) is 13.8 Å². The van der Waals surface area contributed by atoms with Crippen LogP contribution in [-0.4, -0.2) is 33.1 Å². The fraction of sp³-hybridized carbons (Fsp3) is 0.400. The number of halogens is 3. The van der Waals surface area contributed by atoms with Crippen molar-refractivity contribution in [2.75, 3.05) is 13.2 Å². The molecule has 1 aromatic carbocycles. The lowest BCUT2D eigenvalue weighted by Gasteiger charge is -2.21. The SMILES string of the molecule is Cc1cc(C(F)(F)F)cc(O)c1-c1cc(C)c2cn(C3CCOCC3)nc2n1. The number of benzene rings is 1. The van der Waals surface area contributed by atoms with Crippen LogP contribution >= 0.6 is 0 Å². The number of phenolic OH excluding ortho intramolecular Hbond substituents is 1. The third-order valence-corrected chi connectivity index (χ3v) is 5.18. The third-order valence-electron chi connectivity index (χ3n) is 5.18. The first kappa shape index (κ1) is 18.7. The monoisotopic (exact) mass is 391 g/mol. The molecule has 1 saturated heterocycles. The largest absolute Gasteiger partial charge is 0.507 e. The van der Waals surface area contributed by atoms with Gasteiger partial charge in [0.05, 0.1) is 17.3 Å². The van der Waals surface area contributed by atoms with E-state index in [0.29, 0.717) is 35.7 Å². The number of rotatable bonds is 2. The summed E-state index contributed by atoms with van der Waals surface area (Å²) in [6.07, 6.45) is -0.815. The van der Waals surface area contributed by atoms with Gasteiger partial charge in [-0.2, -0.15) is 18.3 Å². The molecule has 0 atom stereocenters. The first-order valence-electron chi connectivity index (χ1n) is 9.09. The van der Waals surface area contributed by atoms with Crippen LogP contribution < -0.4 is 0 Å². The van der Waals surface area contributed by atoms with Gasteiger partial charge in [-0.3, -0.25) is 4.68 Å². The lowest BCUT2D eigenvalue weighted by atomic mass is 9.99. The maximum atomic E-state index is 13.0. The molecule has 1 N–H and O–H groups in total. The van der Waals surface area contributed by atoms with Crippen molar-refractivity contribution in [3.05, 3.63) is 41.1 Å². The number of aromatic nitrogens is 3. The molecule has 0 bridgehead atoms. The summed E-state index contributed by atoms with van der Waals surface area (Å²) >= 11 is 0. The maximum absolute atomic E-state index is 13.0. The lowest BCUT2D eigenvalue weighted by Crippen LogP contribution is -2.19. The van der Waals surface area contributed by atoms with Gasteiger partial charge in [0, 0.05) is 30.4 Å². The Balaban J connectivity index is 1.79. The fourth-order valence-electron chi connectivity index (χ4n) is 3.70. The summed E-state index contributed by atoms with van der Waals surface area (Å²) in [4.78, 5) is 4.53. The topological polar surface area (TPSA) is 60.2 Å². The van der Waals surface area contributed by atoms with Crippen molar-refractivity contribution >= 4 is 11.0 Å². The van der Waals surface area contributed by atoms with Crippen LogP contribution in [0.25, 0.3) is 22.3 Å². The minimum Gasteiger partial charge on any atom is -0.507 e. The van der Waals surface area contributed by atoms with E-state index in [1.54, 1.807) is 6.07 Å². The molecule has 0 radical (unpaired) electrons. The fourth-order valence-corrected chi connectivity index (χ4v) is 3.70. The van der Waals surface area contributed by atoms with E-state index in [0.717, 1.165) is 35.9 Å². The van der Waals surface area contributed by atoms with Crippen LogP contribution in [0.15, 0.2) is 24.4 Å². The molecule has 0 unspecified atom stereocenters. The number of phenols is 1. The zero-order valence-electron chi connectivity index (χ0n) is 15.5. The average molecular weight is 391 g/mol. The molecule has 2 aromatic heterocycles. The highest BCUT2D eigenvalue weighted by Crippen LogP contribution is 2.39. The van der Waals surface area contributed by atoms with E-state index in [9.17, 15) is 18.3 Å². The predicted octanol–water partition coefficient (Wildman–Crippen LogP) is 4.79. The Morgan fingerprint density at radius 2 is 1.82 bits per heavy atom. The number of pyridine rings is 1. The van der Waals surface area contributed by atoms with Gasteiger partial charge < -0.3 is 9.84 Å². The van der Waals surface area contributed by atoms with Gasteiger partial charge in [0.25, 0.3) is 0 Å². The standard InChI is InChI=1S/C20H20F3N3O2/c1-11-8-16(18-12(2)7-13(9-17(18)27)20(21,22)23)24-19-15(11)10-26(25-19)14-3-5-28-6-4-14/h7-10,14,27H,3-6H2,1-2H3. The Morgan fingerprint density at radius 3 is 2.46 bits per heavy atom. The molecule has 1 aliphatic heterocycles. The van der Waals surface area contributed by atoms with Gasteiger partial charge in [-0.25, -0.2) is 4.98 Å². The Labute approximate surface area is 159 Å². The molecule has 0 saturated carbocycles. The van der Waals surface area contributed by atoms with Crippen molar-refractivity contribution in [1.29, 1.82) is 0 Å². The summed E-state index contributed by atoms with van der Waals surface area (Å²) in [5, 5.41) is 15.8. The van der Waals surface area contributed by atoms with E-state index in [1.807, 2.05) is 17.8 Å². The zero-order chi connectivity index (χ0) is 20.1. The average Bonchev–Trinajstić information content (AvgIpc) is 3.06. The van der Waals surface area contributed by atoms with Gasteiger partial charge in [0.1, 0.15) is 5.75 Å². The molecule has 1 aliphatic rings. The second kappa shape index (κ2) is 6.77. The molecule has 1 fully saturated rings. The van der Waals surface area contributed by atoms with Crippen LogP contribution in [0.3, 0.4) is 0 Å². The predicted molar refractivity (Wildman–Crippen MR) is 98.2 cm³/mol.